The lowest BCUT2D eigenvalue weighted by Crippen LogP contribution is -2.30. The van der Waals surface area contributed by atoms with Gasteiger partial charge in [0.05, 0.1) is 11.4 Å². The van der Waals surface area contributed by atoms with Crippen LogP contribution in [0.3, 0.4) is 0 Å². The summed E-state index contributed by atoms with van der Waals surface area (Å²) in [7, 11) is 0. The molecular formula is C19H21F2N3S2. The molecule has 1 fully saturated rings. The maximum atomic E-state index is 12.4. The van der Waals surface area contributed by atoms with Gasteiger partial charge in [0.2, 0.25) is 0 Å². The van der Waals surface area contributed by atoms with E-state index in [-0.39, 0.29) is 0 Å². The number of halogens is 2. The van der Waals surface area contributed by atoms with Crippen molar-refractivity contribution in [3.05, 3.63) is 48.5 Å². The van der Waals surface area contributed by atoms with E-state index < -0.39 is 5.76 Å². The minimum absolute atomic E-state index is 0.476. The fourth-order valence-electron chi connectivity index (χ4n) is 2.99. The summed E-state index contributed by atoms with van der Waals surface area (Å²) in [5.41, 5.74) is 2.88. The van der Waals surface area contributed by atoms with Gasteiger partial charge in [-0.15, -0.1) is 0 Å². The molecule has 0 amide bonds. The Morgan fingerprint density at radius 2 is 1.65 bits per heavy atom. The van der Waals surface area contributed by atoms with Crippen LogP contribution in [0.5, 0.6) is 0 Å². The maximum absolute atomic E-state index is 12.4. The summed E-state index contributed by atoms with van der Waals surface area (Å²) < 4.78 is 24.8. The van der Waals surface area contributed by atoms with Crippen molar-refractivity contribution in [2.45, 2.75) is 29.9 Å². The predicted molar refractivity (Wildman–Crippen MR) is 111 cm³/mol. The monoisotopic (exact) mass is 393 g/mol. The Kier molecular flexibility index (Phi) is 6.68. The van der Waals surface area contributed by atoms with Crippen LogP contribution < -0.4 is 15.5 Å². The molecule has 1 saturated heterocycles. The summed E-state index contributed by atoms with van der Waals surface area (Å²) in [5, 5.41) is 6.84. The van der Waals surface area contributed by atoms with E-state index in [1.165, 1.54) is 19.3 Å². The quantitative estimate of drug-likeness (QED) is 0.495. The van der Waals surface area contributed by atoms with E-state index in [2.05, 4.69) is 21.6 Å². The SMILES string of the molecule is FC(F)Sc1ccc(NC(=S)Nc2ccccc2N2CCCCC2)cc1. The summed E-state index contributed by atoms with van der Waals surface area (Å²) in [4.78, 5) is 2.91. The third kappa shape index (κ3) is 5.32. The van der Waals surface area contributed by atoms with Crippen molar-refractivity contribution >= 4 is 46.2 Å². The fourth-order valence-corrected chi connectivity index (χ4v) is 3.72. The molecule has 3 rings (SSSR count). The maximum Gasteiger partial charge on any atom is 0.288 e. The number of para-hydroxylation sites is 2. The van der Waals surface area contributed by atoms with E-state index in [1.54, 1.807) is 24.3 Å². The number of hydrogen-bond acceptors (Lipinski definition) is 3. The number of alkyl halides is 2. The van der Waals surface area contributed by atoms with Gasteiger partial charge in [-0.1, -0.05) is 23.9 Å². The molecule has 1 aliphatic rings. The van der Waals surface area contributed by atoms with Crippen LogP contribution in [0.2, 0.25) is 0 Å². The molecule has 2 aromatic carbocycles. The highest BCUT2D eigenvalue weighted by Crippen LogP contribution is 2.29. The molecule has 1 heterocycles. The molecule has 0 bridgehead atoms. The molecular weight excluding hydrogens is 372 g/mol. The lowest BCUT2D eigenvalue weighted by atomic mass is 10.1. The van der Waals surface area contributed by atoms with E-state index in [0.29, 0.717) is 21.8 Å². The number of thioether (sulfide) groups is 1. The van der Waals surface area contributed by atoms with Crippen molar-refractivity contribution in [1.29, 1.82) is 0 Å². The first-order chi connectivity index (χ1) is 12.6. The van der Waals surface area contributed by atoms with Crippen molar-refractivity contribution in [3.63, 3.8) is 0 Å². The largest absolute Gasteiger partial charge is 0.370 e. The van der Waals surface area contributed by atoms with Gasteiger partial charge in [0.25, 0.3) is 5.76 Å². The number of anilines is 3. The van der Waals surface area contributed by atoms with Crippen molar-refractivity contribution < 1.29 is 8.78 Å². The molecule has 0 unspecified atom stereocenters. The van der Waals surface area contributed by atoms with Gasteiger partial charge in [-0.3, -0.25) is 0 Å². The Balaban J connectivity index is 1.63. The minimum Gasteiger partial charge on any atom is -0.370 e. The highest BCUT2D eigenvalue weighted by Gasteiger charge is 2.14. The minimum atomic E-state index is -2.41. The van der Waals surface area contributed by atoms with E-state index in [0.717, 1.165) is 30.2 Å². The number of piperidine rings is 1. The second-order valence-electron chi connectivity index (χ2n) is 6.05. The zero-order valence-corrected chi connectivity index (χ0v) is 15.9. The number of nitrogens with zero attached hydrogens (tertiary/aromatic N) is 1. The van der Waals surface area contributed by atoms with Gasteiger partial charge in [0.15, 0.2) is 5.11 Å². The van der Waals surface area contributed by atoms with Crippen molar-refractivity contribution in [2.75, 3.05) is 28.6 Å². The molecule has 26 heavy (non-hydrogen) atoms. The van der Waals surface area contributed by atoms with E-state index in [4.69, 9.17) is 12.2 Å². The van der Waals surface area contributed by atoms with Crippen LogP contribution in [0.25, 0.3) is 0 Å². The molecule has 0 radical (unpaired) electrons. The first kappa shape index (κ1) is 18.9. The highest BCUT2D eigenvalue weighted by atomic mass is 32.2. The van der Waals surface area contributed by atoms with Gasteiger partial charge in [0, 0.05) is 23.7 Å². The van der Waals surface area contributed by atoms with Crippen LogP contribution in [-0.2, 0) is 0 Å². The summed E-state index contributed by atoms with van der Waals surface area (Å²) in [6, 6.07) is 14.9. The van der Waals surface area contributed by atoms with Gasteiger partial charge >= 0.3 is 0 Å². The zero-order chi connectivity index (χ0) is 18.4. The smallest absolute Gasteiger partial charge is 0.288 e. The second kappa shape index (κ2) is 9.19. The topological polar surface area (TPSA) is 27.3 Å². The molecule has 2 N–H and O–H groups in total. The average Bonchev–Trinajstić information content (AvgIpc) is 2.64. The normalized spacial score (nSPS) is 14.3. The summed E-state index contributed by atoms with van der Waals surface area (Å²) in [6.45, 7) is 2.12. The third-order valence-corrected chi connectivity index (χ3v) is 5.11. The fraction of sp³-hybridized carbons (Fsp3) is 0.316. The number of hydrogen-bond donors (Lipinski definition) is 2. The molecule has 138 valence electrons. The van der Waals surface area contributed by atoms with Gasteiger partial charge in [-0.25, -0.2) is 0 Å². The van der Waals surface area contributed by atoms with Crippen LogP contribution in [0, 0.1) is 0 Å². The predicted octanol–water partition coefficient (Wildman–Crippen LogP) is 5.80. The van der Waals surface area contributed by atoms with E-state index >= 15 is 0 Å². The Morgan fingerprint density at radius 1 is 0.962 bits per heavy atom. The Bertz CT molecular complexity index is 732. The van der Waals surface area contributed by atoms with Crippen LogP contribution in [0.4, 0.5) is 25.8 Å². The Labute approximate surface area is 162 Å². The number of thiocarbonyl (C=S) groups is 1. The summed E-state index contributed by atoms with van der Waals surface area (Å²) in [5.74, 6) is -2.41. The van der Waals surface area contributed by atoms with E-state index in [9.17, 15) is 8.78 Å². The van der Waals surface area contributed by atoms with Crippen molar-refractivity contribution in [1.82, 2.24) is 0 Å². The van der Waals surface area contributed by atoms with E-state index in [1.807, 2.05) is 18.2 Å². The molecule has 3 nitrogen and oxygen atoms in total. The van der Waals surface area contributed by atoms with Gasteiger partial charge in [0.1, 0.15) is 0 Å². The first-order valence-corrected chi connectivity index (χ1v) is 9.87. The number of rotatable bonds is 5. The average molecular weight is 394 g/mol. The first-order valence-electron chi connectivity index (χ1n) is 8.59. The van der Waals surface area contributed by atoms with Crippen LogP contribution in [0.1, 0.15) is 19.3 Å². The van der Waals surface area contributed by atoms with Crippen molar-refractivity contribution in [3.8, 4) is 0 Å². The molecule has 0 aliphatic carbocycles. The standard InChI is InChI=1S/C19H21F2N3S2/c20-18(21)26-15-10-8-14(9-11-15)22-19(25)23-16-6-2-3-7-17(16)24-12-4-1-5-13-24/h2-3,6-11,18H,1,4-5,12-13H2,(H2,22,23,25). The van der Waals surface area contributed by atoms with Gasteiger partial charge in [-0.2, -0.15) is 8.78 Å². The summed E-state index contributed by atoms with van der Waals surface area (Å²) in [6.07, 6.45) is 3.70. The molecule has 0 aromatic heterocycles. The molecule has 0 atom stereocenters. The number of benzene rings is 2. The lowest BCUT2D eigenvalue weighted by Gasteiger charge is -2.30. The molecule has 1 aliphatic heterocycles. The lowest BCUT2D eigenvalue weighted by molar-refractivity contribution is 0.252. The highest BCUT2D eigenvalue weighted by molar-refractivity contribution is 7.99. The molecule has 0 saturated carbocycles. The second-order valence-corrected chi connectivity index (χ2v) is 7.52. The molecule has 7 heteroatoms. The van der Waals surface area contributed by atoms with Crippen LogP contribution in [-0.4, -0.2) is 24.0 Å². The molecule has 2 aromatic rings. The van der Waals surface area contributed by atoms with Crippen LogP contribution >= 0.6 is 24.0 Å². The molecule has 0 spiro atoms. The van der Waals surface area contributed by atoms with Crippen LogP contribution in [0.15, 0.2) is 53.4 Å². The Morgan fingerprint density at radius 3 is 2.35 bits per heavy atom. The van der Waals surface area contributed by atoms with Gasteiger partial charge in [-0.05, 0) is 67.9 Å². The van der Waals surface area contributed by atoms with Crippen molar-refractivity contribution in [2.24, 2.45) is 0 Å². The zero-order valence-electron chi connectivity index (χ0n) is 14.3. The number of nitrogens with one attached hydrogen (secondary N) is 2. The van der Waals surface area contributed by atoms with Gasteiger partial charge < -0.3 is 15.5 Å². The third-order valence-electron chi connectivity index (χ3n) is 4.19. The Hall–Kier alpha value is -1.86. The summed E-state index contributed by atoms with van der Waals surface area (Å²) >= 11 is 5.95.